The molecule has 18 heteroatoms. The first kappa shape index (κ1) is 32.4. The van der Waals surface area contributed by atoms with E-state index >= 15 is 0 Å². The molecule has 3 aromatic rings. The first-order valence-electron chi connectivity index (χ1n) is 13.3. The Balaban J connectivity index is 1.51. The lowest BCUT2D eigenvalue weighted by atomic mass is 9.97. The molecule has 246 valence electrons. The molecule has 2 aromatic carbocycles. The van der Waals surface area contributed by atoms with E-state index in [0.29, 0.717) is 0 Å². The molecule has 18 nitrogen and oxygen atoms in total. The SMILES string of the molecule is O=c1c(O[C@@H]2OC(CO)[C@@H](O[C@@H]3O[C@H](CO)[C@H](O)[C@H](O)[C@H]3O)[C@H](O)[C@H]2O)c(-c2cc(O)c(O)c(O)c2)oc2cc(O)cc(O)c12. The van der Waals surface area contributed by atoms with Crippen molar-refractivity contribution in [1.82, 2.24) is 0 Å². The van der Waals surface area contributed by atoms with E-state index in [2.05, 4.69) is 0 Å². The third-order valence-electron chi connectivity index (χ3n) is 7.44. The first-order valence-corrected chi connectivity index (χ1v) is 13.3. The fraction of sp³-hybridized carbons (Fsp3) is 0.444. The van der Waals surface area contributed by atoms with Crippen LogP contribution in [-0.4, -0.2) is 136 Å². The van der Waals surface area contributed by atoms with Gasteiger partial charge in [-0.1, -0.05) is 0 Å². The van der Waals surface area contributed by atoms with Crippen LogP contribution in [-0.2, 0) is 14.2 Å². The topological polar surface area (TPSA) is 310 Å². The highest BCUT2D eigenvalue weighted by atomic mass is 16.7. The molecule has 0 aliphatic carbocycles. The first-order chi connectivity index (χ1) is 21.3. The summed E-state index contributed by atoms with van der Waals surface area (Å²) in [6, 6.07) is 3.51. The minimum atomic E-state index is -2.10. The third kappa shape index (κ3) is 5.79. The molecule has 0 saturated carbocycles. The van der Waals surface area contributed by atoms with Gasteiger partial charge in [0.05, 0.1) is 13.2 Å². The monoisotopic (exact) mass is 642 g/mol. The number of phenols is 5. The highest BCUT2D eigenvalue weighted by molar-refractivity contribution is 5.88. The second-order valence-electron chi connectivity index (χ2n) is 10.4. The van der Waals surface area contributed by atoms with Gasteiger partial charge < -0.3 is 84.6 Å². The van der Waals surface area contributed by atoms with E-state index in [1.165, 1.54) is 0 Å². The van der Waals surface area contributed by atoms with Crippen LogP contribution in [0, 0.1) is 0 Å². The molecule has 12 N–H and O–H groups in total. The molecule has 45 heavy (non-hydrogen) atoms. The molecule has 2 saturated heterocycles. The van der Waals surface area contributed by atoms with Gasteiger partial charge in [-0.05, 0) is 12.1 Å². The minimum Gasteiger partial charge on any atom is -0.508 e. The van der Waals surface area contributed by atoms with Crippen LogP contribution < -0.4 is 10.2 Å². The van der Waals surface area contributed by atoms with Crippen LogP contribution in [0.5, 0.6) is 34.5 Å². The fourth-order valence-corrected chi connectivity index (χ4v) is 5.07. The van der Waals surface area contributed by atoms with E-state index in [4.69, 9.17) is 23.4 Å². The van der Waals surface area contributed by atoms with Gasteiger partial charge in [0.1, 0.15) is 71.3 Å². The maximum absolute atomic E-state index is 13.6. The number of aliphatic hydroxyl groups excluding tert-OH is 7. The zero-order chi connectivity index (χ0) is 32.9. The molecular weight excluding hydrogens is 612 g/mol. The van der Waals surface area contributed by atoms with E-state index in [0.717, 1.165) is 24.3 Å². The number of hydrogen-bond donors (Lipinski definition) is 12. The number of aromatic hydroxyl groups is 5. The van der Waals surface area contributed by atoms with Gasteiger partial charge in [0.25, 0.3) is 0 Å². The summed E-state index contributed by atoms with van der Waals surface area (Å²) in [6.45, 7) is -1.72. The van der Waals surface area contributed by atoms with Gasteiger partial charge >= 0.3 is 0 Å². The van der Waals surface area contributed by atoms with Crippen molar-refractivity contribution < 1.29 is 84.6 Å². The van der Waals surface area contributed by atoms with Crippen LogP contribution in [0.2, 0.25) is 0 Å². The molecule has 0 spiro atoms. The number of ether oxygens (including phenoxy) is 4. The molecule has 1 unspecified atom stereocenters. The van der Waals surface area contributed by atoms with E-state index < -0.39 is 131 Å². The van der Waals surface area contributed by atoms with E-state index in [1.807, 2.05) is 0 Å². The molecular formula is C27H30O18. The minimum absolute atomic E-state index is 0.284. The van der Waals surface area contributed by atoms with Crippen molar-refractivity contribution >= 4 is 11.0 Å². The van der Waals surface area contributed by atoms with Crippen molar-refractivity contribution in [2.75, 3.05) is 13.2 Å². The van der Waals surface area contributed by atoms with Crippen LogP contribution in [0.4, 0.5) is 0 Å². The number of fused-ring (bicyclic) bond motifs is 1. The fourth-order valence-electron chi connectivity index (χ4n) is 5.07. The quantitative estimate of drug-likeness (QED) is 0.114. The lowest BCUT2D eigenvalue weighted by Crippen LogP contribution is -2.65. The van der Waals surface area contributed by atoms with Gasteiger partial charge in [-0.25, -0.2) is 0 Å². The Kier molecular flexibility index (Phi) is 8.97. The Bertz CT molecular complexity index is 1580. The zero-order valence-corrected chi connectivity index (χ0v) is 22.8. The average molecular weight is 643 g/mol. The molecule has 5 rings (SSSR count). The standard InChI is InChI=1S/C27H30O18/c28-5-13-17(35)19(37)21(39)26(42-13)44-24-14(6-29)43-27(22(40)20(24)38)45-25-18(36)15-9(31)3-8(30)4-12(15)41-23(25)7-1-10(32)16(34)11(33)2-7/h1-4,13-14,17,19-22,24,26-35,37-40H,5-6H2/t13-,14?,17+,19+,20-,21-,22-,24-,26+,27+/m1/s1. The van der Waals surface area contributed by atoms with Crippen molar-refractivity contribution in [3.05, 3.63) is 34.5 Å². The Morgan fingerprint density at radius 1 is 0.689 bits per heavy atom. The molecule has 10 atom stereocenters. The van der Waals surface area contributed by atoms with E-state index in [1.54, 1.807) is 0 Å². The van der Waals surface area contributed by atoms with Crippen molar-refractivity contribution in [2.24, 2.45) is 0 Å². The van der Waals surface area contributed by atoms with Gasteiger partial charge in [-0.2, -0.15) is 0 Å². The van der Waals surface area contributed by atoms with Gasteiger partial charge in [0.2, 0.25) is 17.5 Å². The Labute approximate surface area is 250 Å². The second kappa shape index (κ2) is 12.4. The van der Waals surface area contributed by atoms with Gasteiger partial charge in [-0.3, -0.25) is 4.79 Å². The van der Waals surface area contributed by atoms with Crippen LogP contribution in [0.25, 0.3) is 22.3 Å². The molecule has 1 aromatic heterocycles. The Morgan fingerprint density at radius 2 is 1.29 bits per heavy atom. The maximum Gasteiger partial charge on any atom is 0.239 e. The van der Waals surface area contributed by atoms with Crippen molar-refractivity contribution in [3.63, 3.8) is 0 Å². The van der Waals surface area contributed by atoms with Gasteiger partial charge in [-0.15, -0.1) is 0 Å². The number of aliphatic hydroxyl groups is 7. The number of hydrogen-bond acceptors (Lipinski definition) is 18. The van der Waals surface area contributed by atoms with Crippen LogP contribution in [0.1, 0.15) is 0 Å². The Morgan fingerprint density at radius 3 is 1.91 bits per heavy atom. The molecule has 2 aliphatic rings. The Hall–Kier alpha value is -3.95. The van der Waals surface area contributed by atoms with Gasteiger partial charge in [0.15, 0.2) is 29.3 Å². The summed E-state index contributed by atoms with van der Waals surface area (Å²) in [7, 11) is 0. The second-order valence-corrected chi connectivity index (χ2v) is 10.4. The van der Waals surface area contributed by atoms with E-state index in [9.17, 15) is 66.1 Å². The predicted molar refractivity (Wildman–Crippen MR) is 143 cm³/mol. The van der Waals surface area contributed by atoms with Crippen molar-refractivity contribution in [1.29, 1.82) is 0 Å². The zero-order valence-electron chi connectivity index (χ0n) is 22.8. The summed E-state index contributed by atoms with van der Waals surface area (Å²) >= 11 is 0. The van der Waals surface area contributed by atoms with Crippen molar-refractivity contribution in [3.8, 4) is 45.8 Å². The van der Waals surface area contributed by atoms with Crippen LogP contribution in [0.3, 0.4) is 0 Å². The lowest BCUT2D eigenvalue weighted by molar-refractivity contribution is -0.352. The summed E-state index contributed by atoms with van der Waals surface area (Å²) in [6.07, 6.45) is -18.0. The average Bonchev–Trinajstić information content (AvgIpc) is 2.99. The summed E-state index contributed by atoms with van der Waals surface area (Å²) in [5.74, 6) is -5.28. The molecule has 0 radical (unpaired) electrons. The summed E-state index contributed by atoms with van der Waals surface area (Å²) in [5.41, 5.74) is -1.80. The highest BCUT2D eigenvalue weighted by Gasteiger charge is 2.51. The van der Waals surface area contributed by atoms with Gasteiger partial charge in [0, 0.05) is 17.7 Å². The highest BCUT2D eigenvalue weighted by Crippen LogP contribution is 2.43. The number of benzene rings is 2. The molecule has 2 aliphatic heterocycles. The lowest BCUT2D eigenvalue weighted by Gasteiger charge is -2.45. The van der Waals surface area contributed by atoms with Crippen LogP contribution in [0.15, 0.2) is 33.5 Å². The van der Waals surface area contributed by atoms with Crippen molar-refractivity contribution in [2.45, 2.75) is 61.4 Å². The smallest absolute Gasteiger partial charge is 0.239 e. The largest absolute Gasteiger partial charge is 0.508 e. The third-order valence-corrected chi connectivity index (χ3v) is 7.44. The normalized spacial score (nSPS) is 32.1. The number of phenolic OH excluding ortho intramolecular Hbond substituents is 5. The van der Waals surface area contributed by atoms with E-state index in [-0.39, 0.29) is 5.56 Å². The maximum atomic E-state index is 13.6. The summed E-state index contributed by atoms with van der Waals surface area (Å²) in [4.78, 5) is 13.6. The molecule has 0 amide bonds. The number of rotatable bonds is 7. The molecule has 0 bridgehead atoms. The molecule has 3 heterocycles. The predicted octanol–water partition coefficient (Wildman–Crippen LogP) is -3.01. The van der Waals surface area contributed by atoms with Crippen LogP contribution >= 0.6 is 0 Å². The summed E-state index contributed by atoms with van der Waals surface area (Å²) in [5, 5.41) is 121. The molecule has 2 fully saturated rings. The summed E-state index contributed by atoms with van der Waals surface area (Å²) < 4.78 is 27.6.